The number of unbranched alkanes of at least 4 members (excludes halogenated alkanes) is 73. The highest BCUT2D eigenvalue weighted by Crippen LogP contribution is 2.61. The second-order valence-corrected chi connectivity index (χ2v) is 40.9. The molecular formula is C113H218O3. The van der Waals surface area contributed by atoms with Crippen LogP contribution in [0.15, 0.2) is 0 Å². The second kappa shape index (κ2) is 80.6. The lowest BCUT2D eigenvalue weighted by molar-refractivity contribution is -0.157. The van der Waals surface area contributed by atoms with Crippen molar-refractivity contribution in [2.75, 3.05) is 6.61 Å². The van der Waals surface area contributed by atoms with Crippen molar-refractivity contribution in [2.24, 2.45) is 5.41 Å². The molecule has 0 radical (unpaired) electrons. The largest absolute Gasteiger partial charge is 0.493 e. The lowest BCUT2D eigenvalue weighted by Gasteiger charge is -2.53. The molecule has 3 heteroatoms. The molecule has 0 amide bonds. The first-order valence-corrected chi connectivity index (χ1v) is 54.8. The Morgan fingerprint density at radius 2 is 0.414 bits per heavy atom. The Balaban J connectivity index is 5.16. The van der Waals surface area contributed by atoms with Crippen LogP contribution in [0.1, 0.15) is 670 Å². The van der Waals surface area contributed by atoms with Crippen LogP contribution < -0.4 is 4.74 Å². The van der Waals surface area contributed by atoms with Crippen molar-refractivity contribution >= 4 is 5.97 Å². The van der Waals surface area contributed by atoms with Gasteiger partial charge in [0, 0.05) is 16.5 Å². The van der Waals surface area contributed by atoms with E-state index in [2.05, 4.69) is 90.0 Å². The molecule has 0 unspecified atom stereocenters. The van der Waals surface area contributed by atoms with Crippen LogP contribution in [-0.4, -0.2) is 17.7 Å². The van der Waals surface area contributed by atoms with Gasteiger partial charge in [0.05, 0.1) is 12.0 Å². The molecule has 0 aromatic heterocycles. The molecule has 0 bridgehead atoms. The molecule has 0 fully saturated rings. The predicted molar refractivity (Wildman–Crippen MR) is 525 cm³/mol. The SMILES string of the molecule is CCCCCCCCCCCCCC(C)(C)c1c(CCCCCCCCCCCC)c(C(CCCCCCCCCCCC)(CCCCCCCCCCCC)C(CCCCCCCCCCCC)(CCCCCCCCCCCC)C(=O)O)c(CCCCCCCCCCCC)c(C(C)(C)C)c1OCCCCCCCCCCCC. The second-order valence-electron chi connectivity index (χ2n) is 40.9. The maximum atomic E-state index is 16.8. The Morgan fingerprint density at radius 1 is 0.224 bits per heavy atom. The fourth-order valence-electron chi connectivity index (χ4n) is 21.0. The van der Waals surface area contributed by atoms with Crippen molar-refractivity contribution < 1.29 is 14.6 Å². The number of hydrogen-bond donors (Lipinski definition) is 1. The van der Waals surface area contributed by atoms with Gasteiger partial charge < -0.3 is 9.84 Å². The number of carbonyl (C=O) groups is 1. The first kappa shape index (κ1) is 112. The molecule has 1 N–H and O–H groups in total. The molecule has 0 aliphatic carbocycles. The zero-order valence-electron chi connectivity index (χ0n) is 82.7. The number of carboxylic acid groups (broad SMARTS) is 1. The van der Waals surface area contributed by atoms with E-state index in [0.29, 0.717) is 0 Å². The molecule has 0 saturated carbocycles. The van der Waals surface area contributed by atoms with Crippen LogP contribution in [0.5, 0.6) is 5.75 Å². The van der Waals surface area contributed by atoms with Gasteiger partial charge in [-0.2, -0.15) is 0 Å². The topological polar surface area (TPSA) is 46.5 Å². The maximum absolute atomic E-state index is 16.8. The van der Waals surface area contributed by atoms with E-state index >= 15 is 4.79 Å². The summed E-state index contributed by atoms with van der Waals surface area (Å²) in [7, 11) is 0. The van der Waals surface area contributed by atoms with E-state index in [0.717, 1.165) is 83.7 Å². The molecule has 688 valence electrons. The molecule has 0 spiro atoms. The third kappa shape index (κ3) is 55.7. The average Bonchev–Trinajstić information content (AvgIpc) is 0.698. The summed E-state index contributed by atoms with van der Waals surface area (Å²) in [5.41, 5.74) is 6.27. The van der Waals surface area contributed by atoms with E-state index in [1.54, 1.807) is 22.3 Å². The Labute approximate surface area is 733 Å². The van der Waals surface area contributed by atoms with Gasteiger partial charge in [0.25, 0.3) is 0 Å². The van der Waals surface area contributed by atoms with Crippen molar-refractivity contribution in [1.82, 2.24) is 0 Å². The van der Waals surface area contributed by atoms with Gasteiger partial charge in [0.15, 0.2) is 0 Å². The molecule has 0 aliphatic rings. The standard InChI is InChI=1S/C113H218O3/c1-14-22-30-38-46-54-62-65-73-81-89-97-111(12,13)107-104(96-88-80-72-64-56-48-40-32-24-16-3)105(103(95-87-79-71-63-55-47-39-31-23-15-2)106(110(9,10)11)108(107)116-102-94-86-78-70-61-53-45-37-29-21-8)112(98-90-82-74-66-57-49-41-33-25-17-4,99-91-83-75-67-58-50-42-34-26-18-5)113(109(114)115,100-92-84-76-68-59-51-43-35-27-19-6)101-93-85-77-69-60-52-44-36-28-20-7/h14-102H2,1-13H3,(H,114,115). The highest BCUT2D eigenvalue weighted by molar-refractivity contribution is 5.79. The molecule has 1 aromatic carbocycles. The highest BCUT2D eigenvalue weighted by Gasteiger charge is 2.58. The summed E-state index contributed by atoms with van der Waals surface area (Å²) in [4.78, 5) is 16.8. The van der Waals surface area contributed by atoms with Crippen LogP contribution >= 0.6 is 0 Å². The summed E-state index contributed by atoms with van der Waals surface area (Å²) < 4.78 is 8.14. The summed E-state index contributed by atoms with van der Waals surface area (Å²) in [5, 5.41) is 13.8. The first-order chi connectivity index (χ1) is 56.7. The third-order valence-corrected chi connectivity index (χ3v) is 28.4. The van der Waals surface area contributed by atoms with Gasteiger partial charge in [0.1, 0.15) is 5.75 Å². The molecule has 1 rings (SSSR count). The van der Waals surface area contributed by atoms with Gasteiger partial charge in [0.2, 0.25) is 0 Å². The predicted octanol–water partition coefficient (Wildman–Crippen LogP) is 40.7. The monoisotopic (exact) mass is 1620 g/mol. The molecule has 0 aliphatic heterocycles. The molecular weight excluding hydrogens is 1410 g/mol. The van der Waals surface area contributed by atoms with Gasteiger partial charge in [-0.3, -0.25) is 4.79 Å². The summed E-state index contributed by atoms with van der Waals surface area (Å²) in [6, 6.07) is 0. The summed E-state index contributed by atoms with van der Waals surface area (Å²) >= 11 is 0. The first-order valence-electron chi connectivity index (χ1n) is 54.8. The van der Waals surface area contributed by atoms with E-state index in [4.69, 9.17) is 4.74 Å². The minimum absolute atomic E-state index is 0.163. The Morgan fingerprint density at radius 3 is 0.638 bits per heavy atom. The van der Waals surface area contributed by atoms with Crippen molar-refractivity contribution in [3.63, 3.8) is 0 Å². The van der Waals surface area contributed by atoms with E-state index in [1.165, 1.54) is 499 Å². The van der Waals surface area contributed by atoms with Gasteiger partial charge in [-0.1, -0.05) is 591 Å². The van der Waals surface area contributed by atoms with E-state index in [-0.39, 0.29) is 10.8 Å². The van der Waals surface area contributed by atoms with Gasteiger partial charge in [-0.15, -0.1) is 0 Å². The minimum atomic E-state index is -0.879. The van der Waals surface area contributed by atoms with Crippen LogP contribution in [0.2, 0.25) is 0 Å². The van der Waals surface area contributed by atoms with E-state index in [1.807, 2.05) is 0 Å². The van der Waals surface area contributed by atoms with E-state index in [9.17, 15) is 5.11 Å². The number of rotatable bonds is 94. The summed E-state index contributed by atoms with van der Waals surface area (Å²) in [5.74, 6) is 0.894. The molecule has 0 heterocycles. The Hall–Kier alpha value is -1.51. The summed E-state index contributed by atoms with van der Waals surface area (Å²) in [6.45, 7) is 32.9. The Bertz CT molecular complexity index is 2160. The zero-order chi connectivity index (χ0) is 84.7. The number of aliphatic carboxylic acids is 1. The lowest BCUT2D eigenvalue weighted by atomic mass is 9.49. The maximum Gasteiger partial charge on any atom is 0.310 e. The fourth-order valence-corrected chi connectivity index (χ4v) is 21.0. The quantitative estimate of drug-likeness (QED) is 0.0661. The molecule has 1 aromatic rings. The zero-order valence-corrected chi connectivity index (χ0v) is 82.7. The molecule has 3 nitrogen and oxygen atoms in total. The third-order valence-electron chi connectivity index (χ3n) is 28.4. The minimum Gasteiger partial charge on any atom is -0.493 e. The molecule has 0 saturated heterocycles. The van der Waals surface area contributed by atoms with Crippen LogP contribution in [0, 0.1) is 5.41 Å². The van der Waals surface area contributed by atoms with Gasteiger partial charge in [-0.25, -0.2) is 0 Å². The van der Waals surface area contributed by atoms with E-state index < -0.39 is 16.8 Å². The number of ether oxygens (including phenoxy) is 1. The number of hydrogen-bond acceptors (Lipinski definition) is 2. The van der Waals surface area contributed by atoms with Crippen molar-refractivity contribution in [2.45, 2.75) is 671 Å². The van der Waals surface area contributed by atoms with Crippen LogP contribution in [0.4, 0.5) is 0 Å². The van der Waals surface area contributed by atoms with Crippen LogP contribution in [0.25, 0.3) is 0 Å². The van der Waals surface area contributed by atoms with Gasteiger partial charge >= 0.3 is 5.97 Å². The number of benzene rings is 1. The Kier molecular flexibility index (Phi) is 78.2. The molecule has 116 heavy (non-hydrogen) atoms. The normalized spacial score (nSPS) is 12.4. The smallest absolute Gasteiger partial charge is 0.310 e. The van der Waals surface area contributed by atoms with Gasteiger partial charge in [-0.05, 0) is 91.7 Å². The highest BCUT2D eigenvalue weighted by atomic mass is 16.5. The van der Waals surface area contributed by atoms with Crippen molar-refractivity contribution in [1.29, 1.82) is 0 Å². The van der Waals surface area contributed by atoms with Crippen LogP contribution in [-0.2, 0) is 33.9 Å². The van der Waals surface area contributed by atoms with Crippen LogP contribution in [0.3, 0.4) is 0 Å². The number of carboxylic acids is 1. The van der Waals surface area contributed by atoms with Crippen molar-refractivity contribution in [3.05, 3.63) is 27.8 Å². The van der Waals surface area contributed by atoms with Crippen molar-refractivity contribution in [3.8, 4) is 5.75 Å². The molecule has 0 atom stereocenters. The lowest BCUT2D eigenvalue weighted by Crippen LogP contribution is -2.53. The summed E-state index contributed by atoms with van der Waals surface area (Å²) in [6.07, 6.45) is 114. The fraction of sp³-hybridized carbons (Fsp3) is 0.938. The average molecular weight is 1620 g/mol.